The summed E-state index contributed by atoms with van der Waals surface area (Å²) in [7, 11) is -3.15. The van der Waals surface area contributed by atoms with Crippen molar-refractivity contribution in [3.63, 3.8) is 0 Å². The van der Waals surface area contributed by atoms with Crippen molar-refractivity contribution < 1.29 is 13.2 Å². The first-order chi connectivity index (χ1) is 12.3. The molecule has 3 rings (SSSR count). The number of nitrogens with two attached hydrogens (primary N) is 1. The second-order valence-electron chi connectivity index (χ2n) is 6.34. The van der Waals surface area contributed by atoms with Gasteiger partial charge in [-0.05, 0) is 36.8 Å². The average molecular weight is 396 g/mol. The molecular formula is C16H21N5O3S2. The molecule has 3 heterocycles. The topological polar surface area (TPSA) is 118 Å². The Hall–Kier alpha value is -2.04. The first kappa shape index (κ1) is 18.7. The highest BCUT2D eigenvalue weighted by Crippen LogP contribution is 2.23. The van der Waals surface area contributed by atoms with E-state index in [1.54, 1.807) is 0 Å². The first-order valence-electron chi connectivity index (χ1n) is 8.18. The average Bonchev–Trinajstić information content (AvgIpc) is 3.00. The van der Waals surface area contributed by atoms with E-state index in [9.17, 15) is 13.2 Å². The molecule has 140 valence electrons. The fraction of sp³-hybridized carbons (Fsp3) is 0.438. The van der Waals surface area contributed by atoms with Crippen LogP contribution in [0.1, 0.15) is 33.6 Å². The van der Waals surface area contributed by atoms with E-state index < -0.39 is 10.0 Å². The number of nitrogen functional groups attached to an aromatic ring is 1. The summed E-state index contributed by atoms with van der Waals surface area (Å²) in [6, 6.07) is 1.95. The lowest BCUT2D eigenvalue weighted by atomic mass is 10.1. The molecule has 0 aliphatic carbocycles. The van der Waals surface area contributed by atoms with Gasteiger partial charge in [-0.3, -0.25) is 4.79 Å². The lowest BCUT2D eigenvalue weighted by Gasteiger charge is -2.30. The van der Waals surface area contributed by atoms with E-state index in [2.05, 4.69) is 15.3 Å². The van der Waals surface area contributed by atoms with Gasteiger partial charge >= 0.3 is 0 Å². The minimum atomic E-state index is -3.15. The molecular weight excluding hydrogens is 374 g/mol. The number of nitrogens with zero attached hydrogens (tertiary/aromatic N) is 3. The minimum absolute atomic E-state index is 0.0634. The summed E-state index contributed by atoms with van der Waals surface area (Å²) in [5.41, 5.74) is 7.16. The van der Waals surface area contributed by atoms with Gasteiger partial charge in [-0.2, -0.15) is 4.98 Å². The van der Waals surface area contributed by atoms with Crippen LogP contribution < -0.4 is 11.1 Å². The van der Waals surface area contributed by atoms with Gasteiger partial charge in [-0.15, -0.1) is 11.3 Å². The maximum atomic E-state index is 12.5. The molecule has 3 N–H and O–H groups in total. The van der Waals surface area contributed by atoms with Crippen molar-refractivity contribution in [3.05, 3.63) is 33.6 Å². The monoisotopic (exact) mass is 395 g/mol. The molecule has 0 amide bonds. The number of aryl methyl sites for hydroxylation is 1. The Bertz CT molecular complexity index is 918. The molecule has 10 heteroatoms. The van der Waals surface area contributed by atoms with Crippen LogP contribution >= 0.6 is 11.3 Å². The summed E-state index contributed by atoms with van der Waals surface area (Å²) in [4.78, 5) is 21.6. The molecule has 1 aliphatic rings. The highest BCUT2D eigenvalue weighted by Gasteiger charge is 2.25. The molecule has 1 aliphatic heterocycles. The summed E-state index contributed by atoms with van der Waals surface area (Å²) >= 11 is 1.37. The van der Waals surface area contributed by atoms with Crippen molar-refractivity contribution >= 4 is 38.9 Å². The fourth-order valence-electron chi connectivity index (χ4n) is 2.88. The number of rotatable bonds is 5. The SMILES string of the molecule is Cc1ccsc1C(=O)c1cnc(NC2CCN(S(C)(=O)=O)CC2)nc1N. The zero-order valence-electron chi connectivity index (χ0n) is 14.6. The number of hydrogen-bond acceptors (Lipinski definition) is 8. The van der Waals surface area contributed by atoms with Gasteiger partial charge in [-0.1, -0.05) is 0 Å². The van der Waals surface area contributed by atoms with E-state index in [1.165, 1.54) is 28.1 Å². The molecule has 2 aromatic heterocycles. The van der Waals surface area contributed by atoms with Crippen LogP contribution in [0.3, 0.4) is 0 Å². The standard InChI is InChI=1S/C16H21N5O3S2/c1-10-5-8-25-14(10)13(22)12-9-18-16(20-15(12)17)19-11-3-6-21(7-4-11)26(2,23)24/h5,8-9,11H,3-4,6-7H2,1-2H3,(H3,17,18,19,20). The van der Waals surface area contributed by atoms with E-state index in [0.29, 0.717) is 36.8 Å². The predicted molar refractivity (Wildman–Crippen MR) is 102 cm³/mol. The van der Waals surface area contributed by atoms with E-state index in [0.717, 1.165) is 5.56 Å². The maximum Gasteiger partial charge on any atom is 0.224 e. The van der Waals surface area contributed by atoms with Gasteiger partial charge < -0.3 is 11.1 Å². The molecule has 0 radical (unpaired) electrons. The quantitative estimate of drug-likeness (QED) is 0.736. The summed E-state index contributed by atoms with van der Waals surface area (Å²) < 4.78 is 24.6. The van der Waals surface area contributed by atoms with Crippen molar-refractivity contribution in [2.45, 2.75) is 25.8 Å². The third-order valence-electron chi connectivity index (χ3n) is 4.39. The summed E-state index contributed by atoms with van der Waals surface area (Å²) in [6.07, 6.45) is 3.98. The predicted octanol–water partition coefficient (Wildman–Crippen LogP) is 1.50. The molecule has 2 aromatic rings. The fourth-order valence-corrected chi connectivity index (χ4v) is 4.63. The molecule has 0 unspecified atom stereocenters. The largest absolute Gasteiger partial charge is 0.383 e. The second kappa shape index (κ2) is 7.29. The second-order valence-corrected chi connectivity index (χ2v) is 9.23. The van der Waals surface area contributed by atoms with Crippen LogP contribution in [-0.2, 0) is 10.0 Å². The van der Waals surface area contributed by atoms with Crippen LogP contribution in [-0.4, -0.2) is 53.9 Å². The number of sulfonamides is 1. The molecule has 0 aromatic carbocycles. The minimum Gasteiger partial charge on any atom is -0.383 e. The third kappa shape index (κ3) is 4.02. The van der Waals surface area contributed by atoms with Crippen molar-refractivity contribution in [2.75, 3.05) is 30.4 Å². The highest BCUT2D eigenvalue weighted by molar-refractivity contribution is 7.88. The van der Waals surface area contributed by atoms with Crippen LogP contribution in [0.15, 0.2) is 17.6 Å². The summed E-state index contributed by atoms with van der Waals surface area (Å²) in [5.74, 6) is 0.302. The van der Waals surface area contributed by atoms with Gasteiger partial charge in [-0.25, -0.2) is 17.7 Å². The Balaban J connectivity index is 1.67. The molecule has 1 fully saturated rings. The molecule has 26 heavy (non-hydrogen) atoms. The number of hydrogen-bond donors (Lipinski definition) is 2. The number of piperidine rings is 1. The summed E-state index contributed by atoms with van der Waals surface area (Å²) in [6.45, 7) is 2.79. The Kier molecular flexibility index (Phi) is 5.26. The first-order valence-corrected chi connectivity index (χ1v) is 10.9. The van der Waals surface area contributed by atoms with Crippen molar-refractivity contribution in [3.8, 4) is 0 Å². The van der Waals surface area contributed by atoms with Crippen molar-refractivity contribution in [2.24, 2.45) is 0 Å². The zero-order chi connectivity index (χ0) is 18.9. The van der Waals surface area contributed by atoms with Gasteiger partial charge in [0, 0.05) is 25.3 Å². The van der Waals surface area contributed by atoms with Crippen LogP contribution in [0, 0.1) is 6.92 Å². The number of thiophene rings is 1. The number of ketones is 1. The highest BCUT2D eigenvalue weighted by atomic mass is 32.2. The lowest BCUT2D eigenvalue weighted by molar-refractivity contribution is 0.104. The van der Waals surface area contributed by atoms with Gasteiger partial charge in [0.25, 0.3) is 0 Å². The van der Waals surface area contributed by atoms with Gasteiger partial charge in [0.2, 0.25) is 21.8 Å². The number of carbonyl (C=O) groups excluding carboxylic acids is 1. The third-order valence-corrected chi connectivity index (χ3v) is 6.71. The smallest absolute Gasteiger partial charge is 0.224 e. The number of nitrogens with one attached hydrogen (secondary N) is 1. The number of anilines is 2. The molecule has 0 atom stereocenters. The summed E-state index contributed by atoms with van der Waals surface area (Å²) in [5, 5.41) is 5.03. The van der Waals surface area contributed by atoms with Gasteiger partial charge in [0.1, 0.15) is 5.82 Å². The van der Waals surface area contributed by atoms with Crippen LogP contribution in [0.5, 0.6) is 0 Å². The Morgan fingerprint density at radius 3 is 2.62 bits per heavy atom. The molecule has 0 spiro atoms. The van der Waals surface area contributed by atoms with Crippen molar-refractivity contribution in [1.29, 1.82) is 0 Å². The van der Waals surface area contributed by atoms with Crippen LogP contribution in [0.25, 0.3) is 0 Å². The lowest BCUT2D eigenvalue weighted by Crippen LogP contribution is -2.42. The Morgan fingerprint density at radius 2 is 2.08 bits per heavy atom. The van der Waals surface area contributed by atoms with Gasteiger partial charge in [0.05, 0.1) is 16.7 Å². The van der Waals surface area contributed by atoms with E-state index in [-0.39, 0.29) is 23.2 Å². The number of aromatic nitrogens is 2. The maximum absolute atomic E-state index is 12.5. The van der Waals surface area contributed by atoms with E-state index in [4.69, 9.17) is 5.73 Å². The molecule has 0 bridgehead atoms. The molecule has 0 saturated carbocycles. The van der Waals surface area contributed by atoms with Gasteiger partial charge in [0.15, 0.2) is 0 Å². The molecule has 1 saturated heterocycles. The van der Waals surface area contributed by atoms with Crippen molar-refractivity contribution in [1.82, 2.24) is 14.3 Å². The van der Waals surface area contributed by atoms with E-state index >= 15 is 0 Å². The Labute approximate surface area is 156 Å². The number of carbonyl (C=O) groups is 1. The zero-order valence-corrected chi connectivity index (χ0v) is 16.2. The van der Waals surface area contributed by atoms with Crippen LogP contribution in [0.2, 0.25) is 0 Å². The molecule has 8 nitrogen and oxygen atoms in total. The normalized spacial score (nSPS) is 16.5. The van der Waals surface area contributed by atoms with E-state index in [1.807, 2.05) is 18.4 Å². The Morgan fingerprint density at radius 1 is 1.38 bits per heavy atom. The van der Waals surface area contributed by atoms with Crippen LogP contribution in [0.4, 0.5) is 11.8 Å².